The van der Waals surface area contributed by atoms with Crippen LogP contribution in [0.1, 0.15) is 25.7 Å². The van der Waals surface area contributed by atoms with Gasteiger partial charge in [-0.25, -0.2) is 4.98 Å². The maximum Gasteiger partial charge on any atom is 0.225 e. The van der Waals surface area contributed by atoms with Crippen LogP contribution in [-0.2, 0) is 4.79 Å². The van der Waals surface area contributed by atoms with Gasteiger partial charge in [-0.05, 0) is 66.3 Å². The summed E-state index contributed by atoms with van der Waals surface area (Å²) >= 11 is 3.31. The molecule has 4 nitrogen and oxygen atoms in total. The summed E-state index contributed by atoms with van der Waals surface area (Å²) in [5, 5.41) is 6.18. The van der Waals surface area contributed by atoms with Crippen molar-refractivity contribution >= 4 is 27.7 Å². The summed E-state index contributed by atoms with van der Waals surface area (Å²) in [4.78, 5) is 15.9. The summed E-state index contributed by atoms with van der Waals surface area (Å²) in [5.74, 6) is 1.31. The molecule has 2 rings (SSSR count). The molecular weight excluding hydrogens is 294 g/mol. The van der Waals surface area contributed by atoms with Crippen molar-refractivity contribution in [2.45, 2.75) is 25.7 Å². The minimum Gasteiger partial charge on any atom is -0.316 e. The third-order valence-corrected chi connectivity index (χ3v) is 3.64. The van der Waals surface area contributed by atoms with Crippen LogP contribution in [0.3, 0.4) is 0 Å². The minimum absolute atomic E-state index is 0.0513. The molecule has 1 aliphatic rings. The first kappa shape index (κ1) is 13.5. The normalized spacial score (nSPS) is 19.5. The molecular formula is C13H18BrN3O. The van der Waals surface area contributed by atoms with Crippen molar-refractivity contribution in [1.82, 2.24) is 10.3 Å². The highest BCUT2D eigenvalue weighted by atomic mass is 79.9. The van der Waals surface area contributed by atoms with Gasteiger partial charge in [0.25, 0.3) is 0 Å². The number of nitrogens with zero attached hydrogens (tertiary/aromatic N) is 1. The molecule has 98 valence electrons. The molecule has 2 N–H and O–H groups in total. The lowest BCUT2D eigenvalue weighted by atomic mass is 9.94. The van der Waals surface area contributed by atoms with Crippen LogP contribution in [-0.4, -0.2) is 24.0 Å². The number of aromatic nitrogens is 1. The predicted octanol–water partition coefficient (Wildman–Crippen LogP) is 2.56. The van der Waals surface area contributed by atoms with E-state index in [2.05, 4.69) is 31.5 Å². The fourth-order valence-electron chi connectivity index (χ4n) is 2.16. The van der Waals surface area contributed by atoms with Crippen molar-refractivity contribution in [3.8, 4) is 0 Å². The standard InChI is InChI=1S/C13H18BrN3O/c14-11-4-5-12(16-9-11)17-13(18)6-3-10-2-1-7-15-8-10/h4-5,9-10,15H,1-3,6-8H2,(H,16,17,18). The second-order valence-electron chi connectivity index (χ2n) is 4.66. The summed E-state index contributed by atoms with van der Waals surface area (Å²) in [7, 11) is 0. The van der Waals surface area contributed by atoms with Crippen molar-refractivity contribution in [3.05, 3.63) is 22.8 Å². The number of halogens is 1. The van der Waals surface area contributed by atoms with Crippen LogP contribution in [0.25, 0.3) is 0 Å². The van der Waals surface area contributed by atoms with E-state index < -0.39 is 0 Å². The Labute approximate surface area is 116 Å². The van der Waals surface area contributed by atoms with Crippen molar-refractivity contribution in [2.75, 3.05) is 18.4 Å². The molecule has 1 unspecified atom stereocenters. The van der Waals surface area contributed by atoms with Crippen LogP contribution in [0.4, 0.5) is 5.82 Å². The maximum atomic E-state index is 11.8. The fourth-order valence-corrected chi connectivity index (χ4v) is 2.40. The van der Waals surface area contributed by atoms with Gasteiger partial charge in [0.2, 0.25) is 5.91 Å². The molecule has 18 heavy (non-hydrogen) atoms. The number of hydrogen-bond acceptors (Lipinski definition) is 3. The van der Waals surface area contributed by atoms with Crippen molar-refractivity contribution < 1.29 is 4.79 Å². The molecule has 0 radical (unpaired) electrons. The van der Waals surface area contributed by atoms with Gasteiger partial charge in [0.15, 0.2) is 0 Å². The molecule has 1 fully saturated rings. The first-order chi connectivity index (χ1) is 8.74. The number of carbonyl (C=O) groups excluding carboxylic acids is 1. The number of anilines is 1. The molecule has 1 atom stereocenters. The van der Waals surface area contributed by atoms with Crippen LogP contribution >= 0.6 is 15.9 Å². The van der Waals surface area contributed by atoms with Gasteiger partial charge in [-0.1, -0.05) is 0 Å². The Morgan fingerprint density at radius 3 is 3.11 bits per heavy atom. The zero-order chi connectivity index (χ0) is 12.8. The molecule has 0 bridgehead atoms. The van der Waals surface area contributed by atoms with E-state index in [0.717, 1.165) is 24.0 Å². The zero-order valence-electron chi connectivity index (χ0n) is 10.3. The molecule has 1 saturated heterocycles. The highest BCUT2D eigenvalue weighted by molar-refractivity contribution is 9.10. The van der Waals surface area contributed by atoms with E-state index in [1.807, 2.05) is 6.07 Å². The molecule has 1 aromatic heterocycles. The van der Waals surface area contributed by atoms with E-state index in [0.29, 0.717) is 18.2 Å². The quantitative estimate of drug-likeness (QED) is 0.898. The Morgan fingerprint density at radius 2 is 2.44 bits per heavy atom. The third-order valence-electron chi connectivity index (χ3n) is 3.17. The van der Waals surface area contributed by atoms with Crippen LogP contribution in [0.5, 0.6) is 0 Å². The lowest BCUT2D eigenvalue weighted by Crippen LogP contribution is -2.30. The summed E-state index contributed by atoms with van der Waals surface area (Å²) in [6.45, 7) is 2.16. The summed E-state index contributed by atoms with van der Waals surface area (Å²) < 4.78 is 0.911. The van der Waals surface area contributed by atoms with E-state index >= 15 is 0 Å². The van der Waals surface area contributed by atoms with E-state index in [-0.39, 0.29) is 5.91 Å². The lowest BCUT2D eigenvalue weighted by Gasteiger charge is -2.22. The first-order valence-corrected chi connectivity index (χ1v) is 7.15. The number of hydrogen-bond donors (Lipinski definition) is 2. The molecule has 1 aromatic rings. The molecule has 0 saturated carbocycles. The Hall–Kier alpha value is -0.940. The van der Waals surface area contributed by atoms with Crippen LogP contribution in [0, 0.1) is 5.92 Å². The molecule has 0 spiro atoms. The Bertz CT molecular complexity index is 388. The number of amides is 1. The average molecular weight is 312 g/mol. The number of piperidine rings is 1. The summed E-state index contributed by atoms with van der Waals surface area (Å²) in [6, 6.07) is 3.66. The molecule has 0 aromatic carbocycles. The second-order valence-corrected chi connectivity index (χ2v) is 5.58. The summed E-state index contributed by atoms with van der Waals surface area (Å²) in [5.41, 5.74) is 0. The van der Waals surface area contributed by atoms with Gasteiger partial charge in [0, 0.05) is 17.1 Å². The van der Waals surface area contributed by atoms with Gasteiger partial charge in [0.1, 0.15) is 5.82 Å². The van der Waals surface area contributed by atoms with Gasteiger partial charge in [-0.15, -0.1) is 0 Å². The largest absolute Gasteiger partial charge is 0.316 e. The van der Waals surface area contributed by atoms with Crippen molar-refractivity contribution in [1.29, 1.82) is 0 Å². The van der Waals surface area contributed by atoms with Gasteiger partial charge in [-0.2, -0.15) is 0 Å². The highest BCUT2D eigenvalue weighted by Crippen LogP contribution is 2.16. The van der Waals surface area contributed by atoms with Crippen LogP contribution in [0.2, 0.25) is 0 Å². The SMILES string of the molecule is O=C(CCC1CCCNC1)Nc1ccc(Br)cn1. The first-order valence-electron chi connectivity index (χ1n) is 6.36. The summed E-state index contributed by atoms with van der Waals surface area (Å²) in [6.07, 6.45) is 5.66. The zero-order valence-corrected chi connectivity index (χ0v) is 11.9. The molecule has 0 aliphatic carbocycles. The smallest absolute Gasteiger partial charge is 0.225 e. The predicted molar refractivity (Wildman–Crippen MR) is 75.4 cm³/mol. The average Bonchev–Trinajstić information content (AvgIpc) is 2.40. The number of rotatable bonds is 4. The van der Waals surface area contributed by atoms with E-state index in [1.54, 1.807) is 12.3 Å². The molecule has 1 amide bonds. The topological polar surface area (TPSA) is 54.0 Å². The molecule has 5 heteroatoms. The van der Waals surface area contributed by atoms with Gasteiger partial charge in [0.05, 0.1) is 0 Å². The van der Waals surface area contributed by atoms with Gasteiger partial charge < -0.3 is 10.6 Å². The Morgan fingerprint density at radius 1 is 1.56 bits per heavy atom. The number of pyridine rings is 1. The number of carbonyl (C=O) groups is 1. The van der Waals surface area contributed by atoms with Crippen LogP contribution < -0.4 is 10.6 Å². The molecule has 1 aliphatic heterocycles. The van der Waals surface area contributed by atoms with Gasteiger partial charge in [-0.3, -0.25) is 4.79 Å². The monoisotopic (exact) mass is 311 g/mol. The maximum absolute atomic E-state index is 11.8. The fraction of sp³-hybridized carbons (Fsp3) is 0.538. The van der Waals surface area contributed by atoms with E-state index in [4.69, 9.17) is 0 Å². The number of nitrogens with one attached hydrogen (secondary N) is 2. The van der Waals surface area contributed by atoms with Crippen LogP contribution in [0.15, 0.2) is 22.8 Å². The lowest BCUT2D eigenvalue weighted by molar-refractivity contribution is -0.116. The van der Waals surface area contributed by atoms with Gasteiger partial charge >= 0.3 is 0 Å². The van der Waals surface area contributed by atoms with Crippen molar-refractivity contribution in [3.63, 3.8) is 0 Å². The minimum atomic E-state index is 0.0513. The van der Waals surface area contributed by atoms with E-state index in [9.17, 15) is 4.79 Å². The third kappa shape index (κ3) is 4.38. The molecule has 2 heterocycles. The highest BCUT2D eigenvalue weighted by Gasteiger charge is 2.14. The Kier molecular flexibility index (Phi) is 5.13. The van der Waals surface area contributed by atoms with Crippen molar-refractivity contribution in [2.24, 2.45) is 5.92 Å². The Balaban J connectivity index is 1.73. The second kappa shape index (κ2) is 6.85. The van der Waals surface area contributed by atoms with E-state index in [1.165, 1.54) is 12.8 Å².